The van der Waals surface area contributed by atoms with Crippen LogP contribution in [0.3, 0.4) is 0 Å². The zero-order valence-corrected chi connectivity index (χ0v) is 15.2. The Morgan fingerprint density at radius 2 is 1.54 bits per heavy atom. The van der Waals surface area contributed by atoms with E-state index in [9.17, 15) is 0 Å². The van der Waals surface area contributed by atoms with Gasteiger partial charge in [0.2, 0.25) is 0 Å². The number of hydrogen-bond donors (Lipinski definition) is 0. The van der Waals surface area contributed by atoms with Crippen molar-refractivity contribution in [3.63, 3.8) is 0 Å². The van der Waals surface area contributed by atoms with E-state index in [1.165, 1.54) is 0 Å². The lowest BCUT2D eigenvalue weighted by atomic mass is 9.98. The summed E-state index contributed by atoms with van der Waals surface area (Å²) in [6.07, 6.45) is -0.686. The number of fused-ring (bicyclic) bond motifs is 3. The van der Waals surface area contributed by atoms with Crippen LogP contribution in [0.1, 0.15) is 27.7 Å². The van der Waals surface area contributed by atoms with E-state index in [0.29, 0.717) is 6.61 Å². The van der Waals surface area contributed by atoms with Crippen LogP contribution in [0.5, 0.6) is 0 Å². The summed E-state index contributed by atoms with van der Waals surface area (Å²) >= 11 is 1.66. The molecule has 0 saturated carbocycles. The molecule has 24 heavy (non-hydrogen) atoms. The Hall–Kier alpha value is -0.630. The summed E-state index contributed by atoms with van der Waals surface area (Å²) in [5.74, 6) is -1.28. The van der Waals surface area contributed by atoms with E-state index in [2.05, 4.69) is 12.1 Å². The van der Waals surface area contributed by atoms with Gasteiger partial charge in [0.15, 0.2) is 11.6 Å². The van der Waals surface area contributed by atoms with Gasteiger partial charge >= 0.3 is 0 Å². The molecule has 0 amide bonds. The van der Waals surface area contributed by atoms with Crippen LogP contribution < -0.4 is 0 Å². The molecule has 0 aromatic heterocycles. The van der Waals surface area contributed by atoms with Gasteiger partial charge in [-0.1, -0.05) is 30.0 Å². The Balaban J connectivity index is 1.59. The molecule has 5 atom stereocenters. The molecule has 5 nitrogen and oxygen atoms in total. The highest BCUT2D eigenvalue weighted by Gasteiger charge is 2.58. The van der Waals surface area contributed by atoms with E-state index in [4.69, 9.17) is 23.7 Å². The van der Waals surface area contributed by atoms with Crippen LogP contribution >= 0.6 is 11.8 Å². The molecule has 3 fully saturated rings. The Morgan fingerprint density at radius 3 is 2.29 bits per heavy atom. The second kappa shape index (κ2) is 5.97. The fraction of sp³-hybridized carbons (Fsp3) is 0.667. The van der Waals surface area contributed by atoms with Gasteiger partial charge < -0.3 is 23.7 Å². The van der Waals surface area contributed by atoms with Gasteiger partial charge in [0.05, 0.1) is 6.61 Å². The Bertz CT molecular complexity index is 590. The highest BCUT2D eigenvalue weighted by atomic mass is 32.2. The van der Waals surface area contributed by atoms with Crippen molar-refractivity contribution < 1.29 is 23.7 Å². The third-order valence-electron chi connectivity index (χ3n) is 4.44. The first-order valence-corrected chi connectivity index (χ1v) is 9.26. The molecule has 0 spiro atoms. The average molecular weight is 352 g/mol. The lowest BCUT2D eigenvalue weighted by Crippen LogP contribution is -2.62. The summed E-state index contributed by atoms with van der Waals surface area (Å²) in [5, 5.41) is 0. The molecule has 0 unspecified atom stereocenters. The summed E-state index contributed by atoms with van der Waals surface area (Å²) in [6, 6.07) is 10.2. The predicted molar refractivity (Wildman–Crippen MR) is 89.7 cm³/mol. The Morgan fingerprint density at radius 1 is 0.875 bits per heavy atom. The van der Waals surface area contributed by atoms with Crippen LogP contribution in [-0.4, -0.2) is 48.0 Å². The standard InChI is InChI=1S/C18H24O5S/c1-17(2)19-10-12-13(21-17)14-15(23-18(3,4)22-14)16(20-12)24-11-8-6-5-7-9-11/h5-9,12-16H,10H2,1-4H3/t12-,13-,14-,15-,16+/m1/s1. The number of benzene rings is 1. The third-order valence-corrected chi connectivity index (χ3v) is 5.60. The van der Waals surface area contributed by atoms with Gasteiger partial charge in [0, 0.05) is 4.90 Å². The minimum atomic E-state index is -0.644. The van der Waals surface area contributed by atoms with Gasteiger partial charge in [0.1, 0.15) is 29.9 Å². The molecule has 3 aliphatic heterocycles. The summed E-state index contributed by atoms with van der Waals surface area (Å²) < 4.78 is 30.6. The number of hydrogen-bond acceptors (Lipinski definition) is 6. The molecule has 4 rings (SSSR count). The second-order valence-electron chi connectivity index (χ2n) is 7.33. The van der Waals surface area contributed by atoms with Crippen LogP contribution in [0.15, 0.2) is 35.2 Å². The highest BCUT2D eigenvalue weighted by Crippen LogP contribution is 2.45. The number of ether oxygens (including phenoxy) is 5. The van der Waals surface area contributed by atoms with Gasteiger partial charge in [-0.15, -0.1) is 0 Å². The van der Waals surface area contributed by atoms with Crippen LogP contribution in [0.2, 0.25) is 0 Å². The first kappa shape index (κ1) is 16.8. The molecule has 6 heteroatoms. The number of thioether (sulfide) groups is 1. The Labute approximate surface area is 146 Å². The summed E-state index contributed by atoms with van der Waals surface area (Å²) in [7, 11) is 0. The highest BCUT2D eigenvalue weighted by molar-refractivity contribution is 7.99. The molecule has 1 aromatic rings. The predicted octanol–water partition coefficient (Wildman–Crippen LogP) is 3.18. The van der Waals surface area contributed by atoms with Crippen molar-refractivity contribution in [2.24, 2.45) is 0 Å². The van der Waals surface area contributed by atoms with E-state index < -0.39 is 11.6 Å². The van der Waals surface area contributed by atoms with Gasteiger partial charge in [0.25, 0.3) is 0 Å². The van der Waals surface area contributed by atoms with E-state index in [0.717, 1.165) is 4.90 Å². The van der Waals surface area contributed by atoms with Crippen LogP contribution in [0.25, 0.3) is 0 Å². The molecule has 0 N–H and O–H groups in total. The van der Waals surface area contributed by atoms with Crippen molar-refractivity contribution in [2.75, 3.05) is 6.61 Å². The molecular formula is C18H24O5S. The molecular weight excluding hydrogens is 328 g/mol. The largest absolute Gasteiger partial charge is 0.356 e. The average Bonchev–Trinajstić information content (AvgIpc) is 2.85. The van der Waals surface area contributed by atoms with Crippen LogP contribution in [-0.2, 0) is 23.7 Å². The summed E-state index contributed by atoms with van der Waals surface area (Å²) in [5.41, 5.74) is -0.158. The second-order valence-corrected chi connectivity index (χ2v) is 8.50. The fourth-order valence-corrected chi connectivity index (χ4v) is 4.60. The normalized spacial score (nSPS) is 39.9. The maximum atomic E-state index is 6.30. The Kier molecular flexibility index (Phi) is 4.18. The maximum absolute atomic E-state index is 6.30. The summed E-state index contributed by atoms with van der Waals surface area (Å²) in [6.45, 7) is 8.22. The van der Waals surface area contributed by atoms with Crippen molar-refractivity contribution in [3.05, 3.63) is 30.3 Å². The minimum Gasteiger partial charge on any atom is -0.356 e. The molecule has 0 bridgehead atoms. The zero-order chi connectivity index (χ0) is 16.9. The van der Waals surface area contributed by atoms with Crippen molar-refractivity contribution in [3.8, 4) is 0 Å². The molecule has 3 aliphatic rings. The maximum Gasteiger partial charge on any atom is 0.164 e. The first-order valence-electron chi connectivity index (χ1n) is 8.38. The lowest BCUT2D eigenvalue weighted by molar-refractivity contribution is -0.342. The van der Waals surface area contributed by atoms with Crippen molar-refractivity contribution in [2.45, 2.75) is 74.0 Å². The smallest absolute Gasteiger partial charge is 0.164 e. The third kappa shape index (κ3) is 3.23. The van der Waals surface area contributed by atoms with Crippen LogP contribution in [0, 0.1) is 0 Å². The zero-order valence-electron chi connectivity index (χ0n) is 14.4. The van der Waals surface area contributed by atoms with Gasteiger partial charge in [-0.2, -0.15) is 0 Å². The van der Waals surface area contributed by atoms with Crippen molar-refractivity contribution in [1.82, 2.24) is 0 Å². The van der Waals surface area contributed by atoms with E-state index >= 15 is 0 Å². The molecule has 3 heterocycles. The fourth-order valence-electron chi connectivity index (χ4n) is 3.47. The van der Waals surface area contributed by atoms with Crippen LogP contribution in [0.4, 0.5) is 0 Å². The van der Waals surface area contributed by atoms with Crippen molar-refractivity contribution >= 4 is 11.8 Å². The van der Waals surface area contributed by atoms with Gasteiger partial charge in [-0.3, -0.25) is 0 Å². The minimum absolute atomic E-state index is 0.155. The first-order chi connectivity index (χ1) is 11.3. The summed E-state index contributed by atoms with van der Waals surface area (Å²) in [4.78, 5) is 1.14. The number of rotatable bonds is 2. The van der Waals surface area contributed by atoms with E-state index in [1.54, 1.807) is 11.8 Å². The SMILES string of the molecule is CC1(C)O[C@H]2[C@@H](O1)[C@H](Sc1ccccc1)O[C@@H]1COC(C)(C)O[C@@H]21. The molecule has 3 saturated heterocycles. The lowest BCUT2D eigenvalue weighted by Gasteiger charge is -2.48. The molecule has 0 radical (unpaired) electrons. The van der Waals surface area contributed by atoms with E-state index in [-0.39, 0.29) is 29.9 Å². The monoisotopic (exact) mass is 352 g/mol. The van der Waals surface area contributed by atoms with Crippen molar-refractivity contribution in [1.29, 1.82) is 0 Å². The molecule has 132 valence electrons. The van der Waals surface area contributed by atoms with E-state index in [1.807, 2.05) is 45.9 Å². The van der Waals surface area contributed by atoms with Gasteiger partial charge in [-0.25, -0.2) is 0 Å². The van der Waals surface area contributed by atoms with Gasteiger partial charge in [-0.05, 0) is 39.8 Å². The quantitative estimate of drug-likeness (QED) is 0.815. The topological polar surface area (TPSA) is 46.2 Å². The molecule has 0 aliphatic carbocycles. The molecule has 1 aromatic carbocycles.